The third-order valence-corrected chi connectivity index (χ3v) is 3.83. The van der Waals surface area contributed by atoms with Gasteiger partial charge >= 0.3 is 0 Å². The van der Waals surface area contributed by atoms with Crippen LogP contribution in [-0.2, 0) is 0 Å². The summed E-state index contributed by atoms with van der Waals surface area (Å²) < 4.78 is 0. The van der Waals surface area contributed by atoms with E-state index < -0.39 is 0 Å². The molecule has 0 saturated carbocycles. The highest BCUT2D eigenvalue weighted by atomic mass is 14.1. The summed E-state index contributed by atoms with van der Waals surface area (Å²) in [5, 5.41) is 7.06. The number of benzene rings is 4. The summed E-state index contributed by atoms with van der Waals surface area (Å²) >= 11 is 0. The maximum Gasteiger partial charge on any atom is 0.0419 e. The van der Waals surface area contributed by atoms with Crippen molar-refractivity contribution < 1.29 is 0 Å². The maximum atomic E-state index is 7.53. The van der Waals surface area contributed by atoms with Gasteiger partial charge in [-0.1, -0.05) is 66.6 Å². The number of fused-ring (bicyclic) bond motifs is 6. The zero-order valence-corrected chi connectivity index (χ0v) is 10.8. The second kappa shape index (κ2) is 4.11. The van der Waals surface area contributed by atoms with Crippen molar-refractivity contribution in [3.05, 3.63) is 78.7 Å². The fraction of sp³-hybridized carbons (Fsp3) is 0. The molecule has 0 unspecified atom stereocenters. The Morgan fingerprint density at radius 3 is 1.80 bits per heavy atom. The second-order valence-electron chi connectivity index (χ2n) is 4.86. The highest BCUT2D eigenvalue weighted by Gasteiger charge is 2.09. The molecule has 90 valence electrons. The molecule has 4 rings (SSSR count). The van der Waals surface area contributed by atoms with Crippen molar-refractivity contribution in [2.24, 2.45) is 0 Å². The van der Waals surface area contributed by atoms with Crippen LogP contribution < -0.4 is 0 Å². The lowest BCUT2D eigenvalue weighted by Gasteiger charge is -2.11. The Labute approximate surface area is 117 Å². The summed E-state index contributed by atoms with van der Waals surface area (Å²) in [5.41, 5.74) is 0.726. The van der Waals surface area contributed by atoms with Gasteiger partial charge in [-0.25, -0.2) is 0 Å². The lowest BCUT2D eigenvalue weighted by atomic mass is 9.92. The monoisotopic (exact) mass is 250 g/mol. The van der Waals surface area contributed by atoms with E-state index >= 15 is 0 Å². The van der Waals surface area contributed by atoms with E-state index in [0.29, 0.717) is 0 Å². The summed E-state index contributed by atoms with van der Waals surface area (Å²) in [4.78, 5) is 0. The van der Waals surface area contributed by atoms with Crippen LogP contribution in [0, 0.1) is 18.4 Å². The first-order chi connectivity index (χ1) is 9.90. The smallest absolute Gasteiger partial charge is 0.0419 e. The standard InChI is InChI=1S/C20H10/c1-2-14-8-7-13-19-17-10-4-3-9-15(17)16-11-5-6-12-18(16)20(14)19/h3-7,9-13H. The van der Waals surface area contributed by atoms with Gasteiger partial charge in [0.1, 0.15) is 0 Å². The number of rotatable bonds is 0. The van der Waals surface area contributed by atoms with Crippen LogP contribution in [0.4, 0.5) is 0 Å². The van der Waals surface area contributed by atoms with Crippen molar-refractivity contribution >= 4 is 32.3 Å². The van der Waals surface area contributed by atoms with Gasteiger partial charge in [0, 0.05) is 10.9 Å². The first-order valence-electron chi connectivity index (χ1n) is 6.57. The van der Waals surface area contributed by atoms with Crippen LogP contribution in [0.3, 0.4) is 0 Å². The Kier molecular flexibility index (Phi) is 2.28. The van der Waals surface area contributed by atoms with Crippen LogP contribution in [0.25, 0.3) is 32.3 Å². The molecule has 0 aliphatic carbocycles. The molecule has 0 nitrogen and oxygen atoms in total. The molecule has 0 heteroatoms. The molecule has 0 atom stereocenters. The van der Waals surface area contributed by atoms with E-state index in [-0.39, 0.29) is 0 Å². The van der Waals surface area contributed by atoms with Crippen LogP contribution in [0.2, 0.25) is 0 Å². The van der Waals surface area contributed by atoms with Crippen LogP contribution >= 0.6 is 0 Å². The quantitative estimate of drug-likeness (QED) is 0.308. The fourth-order valence-corrected chi connectivity index (χ4v) is 2.99. The lowest BCUT2D eigenvalue weighted by molar-refractivity contribution is 1.72. The van der Waals surface area contributed by atoms with E-state index in [2.05, 4.69) is 60.5 Å². The molecule has 0 amide bonds. The normalized spacial score (nSPS) is 10.9. The Balaban J connectivity index is 2.47. The summed E-state index contributed by atoms with van der Waals surface area (Å²) in [6.07, 6.45) is 7.53. The largest absolute Gasteiger partial charge is 0.0616 e. The zero-order chi connectivity index (χ0) is 13.5. The van der Waals surface area contributed by atoms with Crippen molar-refractivity contribution in [1.82, 2.24) is 0 Å². The van der Waals surface area contributed by atoms with Crippen molar-refractivity contribution in [3.8, 4) is 5.92 Å². The van der Waals surface area contributed by atoms with Crippen LogP contribution in [-0.4, -0.2) is 0 Å². The van der Waals surface area contributed by atoms with Gasteiger partial charge in [-0.3, -0.25) is 0 Å². The minimum absolute atomic E-state index is 0.726. The first-order valence-corrected chi connectivity index (χ1v) is 6.57. The van der Waals surface area contributed by atoms with Gasteiger partial charge in [0.05, 0.1) is 0 Å². The fourth-order valence-electron chi connectivity index (χ4n) is 2.99. The molecule has 0 heterocycles. The van der Waals surface area contributed by atoms with Crippen molar-refractivity contribution in [3.63, 3.8) is 0 Å². The Morgan fingerprint density at radius 1 is 0.700 bits per heavy atom. The lowest BCUT2D eigenvalue weighted by Crippen LogP contribution is -1.86. The van der Waals surface area contributed by atoms with Crippen molar-refractivity contribution in [1.29, 1.82) is 0 Å². The molecule has 0 aromatic heterocycles. The molecule has 0 saturated heterocycles. The second-order valence-corrected chi connectivity index (χ2v) is 4.86. The Bertz CT molecular complexity index is 956. The molecule has 0 aliphatic heterocycles. The average molecular weight is 250 g/mol. The maximum absolute atomic E-state index is 7.53. The zero-order valence-electron chi connectivity index (χ0n) is 10.8. The SMILES string of the molecule is [C]#Cc1[c]ccc2c3ccccc3c3ccccc3c12. The van der Waals surface area contributed by atoms with Crippen molar-refractivity contribution in [2.45, 2.75) is 0 Å². The molecule has 0 fully saturated rings. The first kappa shape index (κ1) is 11.1. The van der Waals surface area contributed by atoms with Gasteiger partial charge in [-0.05, 0) is 39.4 Å². The molecule has 4 aromatic carbocycles. The predicted octanol–water partition coefficient (Wildman–Crippen LogP) is 4.88. The average Bonchev–Trinajstić information content (AvgIpc) is 2.54. The van der Waals surface area contributed by atoms with Gasteiger partial charge in [-0.15, -0.1) is 0 Å². The molecular formula is C20H10. The highest BCUT2D eigenvalue weighted by molar-refractivity contribution is 6.26. The molecule has 20 heavy (non-hydrogen) atoms. The minimum atomic E-state index is 0.726. The summed E-state index contributed by atoms with van der Waals surface area (Å²) in [5.74, 6) is 2.52. The van der Waals surface area contributed by atoms with Gasteiger partial charge in [-0.2, -0.15) is 0 Å². The van der Waals surface area contributed by atoms with Gasteiger partial charge in [0.25, 0.3) is 0 Å². The molecule has 0 N–H and O–H groups in total. The third-order valence-electron chi connectivity index (χ3n) is 3.83. The summed E-state index contributed by atoms with van der Waals surface area (Å²) in [7, 11) is 0. The Morgan fingerprint density at radius 2 is 1.20 bits per heavy atom. The third kappa shape index (κ3) is 1.38. The van der Waals surface area contributed by atoms with E-state index in [0.717, 1.165) is 21.7 Å². The Hall–Kier alpha value is -2.78. The molecule has 2 radical (unpaired) electrons. The molecule has 0 spiro atoms. The van der Waals surface area contributed by atoms with E-state index in [1.807, 2.05) is 12.1 Å². The molecular weight excluding hydrogens is 240 g/mol. The molecule has 0 bridgehead atoms. The van der Waals surface area contributed by atoms with Gasteiger partial charge < -0.3 is 0 Å². The predicted molar refractivity (Wildman–Crippen MR) is 84.0 cm³/mol. The van der Waals surface area contributed by atoms with E-state index in [1.165, 1.54) is 16.2 Å². The van der Waals surface area contributed by atoms with Crippen LogP contribution in [0.5, 0.6) is 0 Å². The highest BCUT2D eigenvalue weighted by Crippen LogP contribution is 2.35. The molecule has 4 aromatic rings. The van der Waals surface area contributed by atoms with Crippen LogP contribution in [0.15, 0.2) is 60.7 Å². The van der Waals surface area contributed by atoms with E-state index in [1.54, 1.807) is 0 Å². The van der Waals surface area contributed by atoms with E-state index in [4.69, 9.17) is 6.42 Å². The van der Waals surface area contributed by atoms with E-state index in [9.17, 15) is 0 Å². The minimum Gasteiger partial charge on any atom is -0.0616 e. The van der Waals surface area contributed by atoms with Crippen LogP contribution in [0.1, 0.15) is 5.56 Å². The molecule has 0 aliphatic rings. The summed E-state index contributed by atoms with van der Waals surface area (Å²) in [6, 6.07) is 23.8. The topological polar surface area (TPSA) is 0 Å². The number of hydrogen-bond acceptors (Lipinski definition) is 0. The van der Waals surface area contributed by atoms with Gasteiger partial charge in [0.15, 0.2) is 0 Å². The number of hydrogen-bond donors (Lipinski definition) is 0. The van der Waals surface area contributed by atoms with Gasteiger partial charge in [0.2, 0.25) is 0 Å². The van der Waals surface area contributed by atoms with Crippen molar-refractivity contribution in [2.75, 3.05) is 0 Å². The summed E-state index contributed by atoms with van der Waals surface area (Å²) in [6.45, 7) is 0.